The molecule has 3 amide bonds. The summed E-state index contributed by atoms with van der Waals surface area (Å²) in [5, 5.41) is 15.5. The molecule has 0 bridgehead atoms. The Balaban J connectivity index is 1.69. The fraction of sp³-hybridized carbons (Fsp3) is 0.810. The average Bonchev–Trinajstić information content (AvgIpc) is 3.46. The standard InChI is InChI=1S/C21H34N4O5/c1-13(2)12-15(20(28)25-11-5-8-17(25)21(29)30)23-18(26)16-7-4-10-24(16)19(27)14-6-3-9-22-14/h13-17,22H,3-12H2,1-2H3,(H,23,26)(H,29,30)/t14-,15-,16-,17-/m0/s1. The van der Waals surface area contributed by atoms with Crippen molar-refractivity contribution in [2.75, 3.05) is 19.6 Å². The summed E-state index contributed by atoms with van der Waals surface area (Å²) in [6.07, 6.45) is 4.57. The molecule has 0 aromatic carbocycles. The van der Waals surface area contributed by atoms with Crippen molar-refractivity contribution < 1.29 is 24.3 Å². The van der Waals surface area contributed by atoms with Crippen LogP contribution in [-0.2, 0) is 19.2 Å². The maximum Gasteiger partial charge on any atom is 0.326 e. The first-order valence-electron chi connectivity index (χ1n) is 11.2. The minimum Gasteiger partial charge on any atom is -0.480 e. The highest BCUT2D eigenvalue weighted by Crippen LogP contribution is 2.23. The first kappa shape index (κ1) is 22.5. The molecule has 0 unspecified atom stereocenters. The molecule has 4 atom stereocenters. The normalized spacial score (nSPS) is 27.5. The summed E-state index contributed by atoms with van der Waals surface area (Å²) in [5.41, 5.74) is 0. The molecular weight excluding hydrogens is 388 g/mol. The Kier molecular flexibility index (Phi) is 7.33. The van der Waals surface area contributed by atoms with Crippen LogP contribution in [0.3, 0.4) is 0 Å². The van der Waals surface area contributed by atoms with Gasteiger partial charge in [0, 0.05) is 13.1 Å². The van der Waals surface area contributed by atoms with Gasteiger partial charge in [-0.15, -0.1) is 0 Å². The lowest BCUT2D eigenvalue weighted by Crippen LogP contribution is -2.56. The highest BCUT2D eigenvalue weighted by Gasteiger charge is 2.41. The van der Waals surface area contributed by atoms with Crippen LogP contribution in [0, 0.1) is 5.92 Å². The van der Waals surface area contributed by atoms with E-state index in [-0.39, 0.29) is 29.7 Å². The van der Waals surface area contributed by atoms with Gasteiger partial charge in [0.25, 0.3) is 0 Å². The number of carbonyl (C=O) groups is 4. The number of aliphatic carboxylic acids is 1. The number of hydrogen-bond acceptors (Lipinski definition) is 5. The Morgan fingerprint density at radius 1 is 1.00 bits per heavy atom. The summed E-state index contributed by atoms with van der Waals surface area (Å²) in [6.45, 7) is 5.67. The second kappa shape index (κ2) is 9.76. The Morgan fingerprint density at radius 3 is 2.27 bits per heavy atom. The molecule has 30 heavy (non-hydrogen) atoms. The number of carboxylic acids is 1. The molecule has 3 aliphatic rings. The van der Waals surface area contributed by atoms with Crippen LogP contribution >= 0.6 is 0 Å². The number of nitrogens with zero attached hydrogens (tertiary/aromatic N) is 2. The van der Waals surface area contributed by atoms with Gasteiger partial charge in [-0.05, 0) is 57.4 Å². The second-order valence-electron chi connectivity index (χ2n) is 9.06. The molecule has 3 fully saturated rings. The molecule has 0 radical (unpaired) electrons. The lowest BCUT2D eigenvalue weighted by atomic mass is 10.0. The third-order valence-electron chi connectivity index (χ3n) is 6.34. The Morgan fingerprint density at radius 2 is 1.67 bits per heavy atom. The Bertz CT molecular complexity index is 676. The number of amides is 3. The van der Waals surface area contributed by atoms with Crippen molar-refractivity contribution >= 4 is 23.7 Å². The predicted octanol–water partition coefficient (Wildman–Crippen LogP) is 0.336. The van der Waals surface area contributed by atoms with Gasteiger partial charge in [0.2, 0.25) is 17.7 Å². The molecule has 0 spiro atoms. The summed E-state index contributed by atoms with van der Waals surface area (Å²) >= 11 is 0. The Labute approximate surface area is 177 Å². The van der Waals surface area contributed by atoms with E-state index >= 15 is 0 Å². The number of rotatable bonds is 7. The van der Waals surface area contributed by atoms with Crippen molar-refractivity contribution in [2.24, 2.45) is 5.92 Å². The van der Waals surface area contributed by atoms with Gasteiger partial charge in [-0.2, -0.15) is 0 Å². The summed E-state index contributed by atoms with van der Waals surface area (Å²) in [5.74, 6) is -1.55. The minimum absolute atomic E-state index is 0.0395. The maximum atomic E-state index is 13.1. The number of carboxylic acid groups (broad SMARTS) is 1. The molecule has 3 N–H and O–H groups in total. The number of likely N-dealkylation sites (tertiary alicyclic amines) is 2. The van der Waals surface area contributed by atoms with Crippen LogP contribution in [0.5, 0.6) is 0 Å². The summed E-state index contributed by atoms with van der Waals surface area (Å²) in [6, 6.07) is -2.41. The van der Waals surface area contributed by atoms with E-state index in [9.17, 15) is 24.3 Å². The van der Waals surface area contributed by atoms with Gasteiger partial charge < -0.3 is 25.5 Å². The van der Waals surface area contributed by atoms with Crippen LogP contribution in [0.1, 0.15) is 58.8 Å². The van der Waals surface area contributed by atoms with E-state index in [4.69, 9.17) is 0 Å². The van der Waals surface area contributed by atoms with Gasteiger partial charge in [0.05, 0.1) is 6.04 Å². The molecule has 0 saturated carbocycles. The van der Waals surface area contributed by atoms with Gasteiger partial charge in [-0.3, -0.25) is 14.4 Å². The number of nitrogens with one attached hydrogen (secondary N) is 2. The fourth-order valence-electron chi connectivity index (χ4n) is 4.85. The zero-order valence-corrected chi connectivity index (χ0v) is 17.9. The van der Waals surface area contributed by atoms with Crippen LogP contribution in [-0.4, -0.2) is 82.4 Å². The quantitative estimate of drug-likeness (QED) is 0.544. The van der Waals surface area contributed by atoms with E-state index in [1.54, 1.807) is 4.90 Å². The van der Waals surface area contributed by atoms with Crippen LogP contribution in [0.15, 0.2) is 0 Å². The highest BCUT2D eigenvalue weighted by atomic mass is 16.4. The lowest BCUT2D eigenvalue weighted by molar-refractivity contribution is -0.150. The van der Waals surface area contributed by atoms with Gasteiger partial charge in [0.15, 0.2) is 0 Å². The van der Waals surface area contributed by atoms with Crippen molar-refractivity contribution in [3.05, 3.63) is 0 Å². The average molecular weight is 423 g/mol. The minimum atomic E-state index is -1.01. The highest BCUT2D eigenvalue weighted by molar-refractivity contribution is 5.94. The van der Waals surface area contributed by atoms with Gasteiger partial charge in [0.1, 0.15) is 18.1 Å². The van der Waals surface area contributed by atoms with Crippen molar-refractivity contribution in [3.63, 3.8) is 0 Å². The van der Waals surface area contributed by atoms with Crippen LogP contribution in [0.2, 0.25) is 0 Å². The van der Waals surface area contributed by atoms with E-state index < -0.39 is 24.1 Å². The predicted molar refractivity (Wildman–Crippen MR) is 110 cm³/mol. The summed E-state index contributed by atoms with van der Waals surface area (Å²) in [4.78, 5) is 53.6. The van der Waals surface area contributed by atoms with Crippen molar-refractivity contribution in [3.8, 4) is 0 Å². The van der Waals surface area contributed by atoms with E-state index in [0.29, 0.717) is 38.8 Å². The molecule has 3 saturated heterocycles. The van der Waals surface area contributed by atoms with Crippen molar-refractivity contribution in [1.82, 2.24) is 20.4 Å². The molecule has 0 aromatic rings. The van der Waals surface area contributed by atoms with Crippen LogP contribution < -0.4 is 10.6 Å². The van der Waals surface area contributed by atoms with Crippen LogP contribution in [0.4, 0.5) is 0 Å². The zero-order chi connectivity index (χ0) is 21.8. The third kappa shape index (κ3) is 4.94. The monoisotopic (exact) mass is 422 g/mol. The van der Waals surface area contributed by atoms with Gasteiger partial charge in [-0.25, -0.2) is 4.79 Å². The zero-order valence-electron chi connectivity index (χ0n) is 17.9. The molecular formula is C21H34N4O5. The smallest absolute Gasteiger partial charge is 0.326 e. The fourth-order valence-corrected chi connectivity index (χ4v) is 4.85. The molecule has 3 heterocycles. The summed E-state index contributed by atoms with van der Waals surface area (Å²) < 4.78 is 0. The third-order valence-corrected chi connectivity index (χ3v) is 6.34. The number of hydrogen-bond donors (Lipinski definition) is 3. The second-order valence-corrected chi connectivity index (χ2v) is 9.06. The Hall–Kier alpha value is -2.16. The van der Waals surface area contributed by atoms with Gasteiger partial charge in [-0.1, -0.05) is 13.8 Å². The first-order valence-corrected chi connectivity index (χ1v) is 11.2. The summed E-state index contributed by atoms with van der Waals surface area (Å²) in [7, 11) is 0. The van der Waals surface area contributed by atoms with E-state index in [1.807, 2.05) is 13.8 Å². The maximum absolute atomic E-state index is 13.1. The molecule has 168 valence electrons. The molecule has 9 heteroatoms. The largest absolute Gasteiger partial charge is 0.480 e. The van der Waals surface area contributed by atoms with Crippen molar-refractivity contribution in [2.45, 2.75) is 83.0 Å². The molecule has 3 rings (SSSR count). The first-order chi connectivity index (χ1) is 14.3. The molecule has 0 aromatic heterocycles. The van der Waals surface area contributed by atoms with Gasteiger partial charge >= 0.3 is 5.97 Å². The lowest BCUT2D eigenvalue weighted by Gasteiger charge is -2.31. The van der Waals surface area contributed by atoms with Crippen molar-refractivity contribution in [1.29, 1.82) is 0 Å². The molecule has 0 aliphatic carbocycles. The molecule has 3 aliphatic heterocycles. The van der Waals surface area contributed by atoms with E-state index in [1.165, 1.54) is 4.90 Å². The molecule has 9 nitrogen and oxygen atoms in total. The number of carbonyl (C=O) groups excluding carboxylic acids is 3. The van der Waals surface area contributed by atoms with Crippen LogP contribution in [0.25, 0.3) is 0 Å². The van der Waals surface area contributed by atoms with E-state index in [0.717, 1.165) is 25.8 Å². The SMILES string of the molecule is CC(C)C[C@H](NC(=O)[C@@H]1CCCN1C(=O)[C@@H]1CCCN1)C(=O)N1CCC[C@H]1C(=O)O. The topological polar surface area (TPSA) is 119 Å². The van der Waals surface area contributed by atoms with E-state index in [2.05, 4.69) is 10.6 Å².